The van der Waals surface area contributed by atoms with Crippen molar-refractivity contribution < 1.29 is 4.79 Å². The SMILES string of the molecule is CC(=O)Nc1cc(N)c(C(C)C)cn1. The van der Waals surface area contributed by atoms with Gasteiger partial charge >= 0.3 is 0 Å². The molecular formula is C10H15N3O. The van der Waals surface area contributed by atoms with Gasteiger partial charge in [0.05, 0.1) is 0 Å². The van der Waals surface area contributed by atoms with Crippen molar-refractivity contribution >= 4 is 17.4 Å². The number of nitrogens with one attached hydrogen (secondary N) is 1. The van der Waals surface area contributed by atoms with Gasteiger partial charge in [0.15, 0.2) is 0 Å². The van der Waals surface area contributed by atoms with Crippen molar-refractivity contribution in [3.63, 3.8) is 0 Å². The van der Waals surface area contributed by atoms with Crippen molar-refractivity contribution in [2.45, 2.75) is 26.7 Å². The van der Waals surface area contributed by atoms with Crippen LogP contribution in [0.15, 0.2) is 12.3 Å². The number of hydrogen-bond donors (Lipinski definition) is 2. The minimum absolute atomic E-state index is 0.144. The van der Waals surface area contributed by atoms with E-state index in [1.807, 2.05) is 13.8 Å². The van der Waals surface area contributed by atoms with Crippen molar-refractivity contribution in [2.75, 3.05) is 11.1 Å². The number of carbonyl (C=O) groups is 1. The quantitative estimate of drug-likeness (QED) is 0.751. The molecule has 0 atom stereocenters. The maximum atomic E-state index is 10.8. The standard InChI is InChI=1S/C10H15N3O/c1-6(2)8-5-12-10(4-9(8)11)13-7(3)14/h4-6H,1-3H3,(H3,11,12,13,14). The van der Waals surface area contributed by atoms with Gasteiger partial charge < -0.3 is 11.1 Å². The molecule has 0 bridgehead atoms. The third-order valence-electron chi connectivity index (χ3n) is 1.89. The molecule has 0 spiro atoms. The highest BCUT2D eigenvalue weighted by atomic mass is 16.1. The second kappa shape index (κ2) is 4.09. The van der Waals surface area contributed by atoms with Gasteiger partial charge in [-0.25, -0.2) is 4.98 Å². The highest BCUT2D eigenvalue weighted by molar-refractivity contribution is 5.88. The van der Waals surface area contributed by atoms with Gasteiger partial charge in [-0.15, -0.1) is 0 Å². The van der Waals surface area contributed by atoms with Crippen LogP contribution in [0.3, 0.4) is 0 Å². The van der Waals surface area contributed by atoms with Crippen LogP contribution in [0, 0.1) is 0 Å². The van der Waals surface area contributed by atoms with Gasteiger partial charge in [-0.1, -0.05) is 13.8 Å². The van der Waals surface area contributed by atoms with E-state index in [4.69, 9.17) is 5.73 Å². The number of amides is 1. The molecule has 0 aliphatic carbocycles. The molecule has 0 aliphatic heterocycles. The zero-order valence-electron chi connectivity index (χ0n) is 8.66. The Labute approximate surface area is 83.5 Å². The summed E-state index contributed by atoms with van der Waals surface area (Å²) in [6.07, 6.45) is 1.70. The third-order valence-corrected chi connectivity index (χ3v) is 1.89. The summed E-state index contributed by atoms with van der Waals surface area (Å²) >= 11 is 0. The second-order valence-electron chi connectivity index (χ2n) is 3.53. The molecule has 14 heavy (non-hydrogen) atoms. The summed E-state index contributed by atoms with van der Waals surface area (Å²) in [5.41, 5.74) is 7.47. The Morgan fingerprint density at radius 2 is 2.21 bits per heavy atom. The number of hydrogen-bond acceptors (Lipinski definition) is 3. The van der Waals surface area contributed by atoms with Crippen LogP contribution in [0.5, 0.6) is 0 Å². The van der Waals surface area contributed by atoms with E-state index in [0.717, 1.165) is 5.56 Å². The summed E-state index contributed by atoms with van der Waals surface area (Å²) in [6.45, 7) is 5.53. The lowest BCUT2D eigenvalue weighted by molar-refractivity contribution is -0.114. The van der Waals surface area contributed by atoms with E-state index in [1.54, 1.807) is 12.3 Å². The van der Waals surface area contributed by atoms with Crippen molar-refractivity contribution in [3.05, 3.63) is 17.8 Å². The van der Waals surface area contributed by atoms with Crippen LogP contribution in [0.25, 0.3) is 0 Å². The molecule has 4 nitrogen and oxygen atoms in total. The molecule has 1 aromatic heterocycles. The van der Waals surface area contributed by atoms with Gasteiger partial charge in [0, 0.05) is 24.9 Å². The Morgan fingerprint density at radius 3 is 2.64 bits per heavy atom. The van der Waals surface area contributed by atoms with Crippen molar-refractivity contribution in [2.24, 2.45) is 0 Å². The average Bonchev–Trinajstić information content (AvgIpc) is 2.01. The summed E-state index contributed by atoms with van der Waals surface area (Å²) in [6, 6.07) is 1.68. The molecule has 1 rings (SSSR count). The van der Waals surface area contributed by atoms with E-state index in [0.29, 0.717) is 17.4 Å². The number of nitrogen functional groups attached to an aromatic ring is 1. The zero-order chi connectivity index (χ0) is 10.7. The Morgan fingerprint density at radius 1 is 1.57 bits per heavy atom. The fourth-order valence-corrected chi connectivity index (χ4v) is 1.21. The Bertz CT molecular complexity index is 347. The Balaban J connectivity index is 2.94. The van der Waals surface area contributed by atoms with Crippen molar-refractivity contribution in [1.29, 1.82) is 0 Å². The number of anilines is 2. The summed E-state index contributed by atoms with van der Waals surface area (Å²) in [5.74, 6) is 0.697. The second-order valence-corrected chi connectivity index (χ2v) is 3.53. The van der Waals surface area contributed by atoms with Crippen LogP contribution >= 0.6 is 0 Å². The number of nitrogens with zero attached hydrogens (tertiary/aromatic N) is 1. The topological polar surface area (TPSA) is 68.0 Å². The maximum absolute atomic E-state index is 10.8. The molecule has 1 amide bonds. The Kier molecular flexibility index (Phi) is 3.06. The molecule has 0 saturated carbocycles. The summed E-state index contributed by atoms with van der Waals surface area (Å²) in [4.78, 5) is 14.8. The van der Waals surface area contributed by atoms with Gasteiger partial charge in [-0.3, -0.25) is 4.79 Å². The number of nitrogens with two attached hydrogens (primary N) is 1. The first-order valence-electron chi connectivity index (χ1n) is 4.53. The molecule has 0 fully saturated rings. The minimum atomic E-state index is -0.144. The largest absolute Gasteiger partial charge is 0.398 e. The van der Waals surface area contributed by atoms with Gasteiger partial charge in [-0.05, 0) is 11.5 Å². The van der Waals surface area contributed by atoms with E-state index in [2.05, 4.69) is 10.3 Å². The van der Waals surface area contributed by atoms with E-state index in [-0.39, 0.29) is 5.91 Å². The smallest absolute Gasteiger partial charge is 0.222 e. The molecule has 3 N–H and O–H groups in total. The Hall–Kier alpha value is -1.58. The zero-order valence-corrected chi connectivity index (χ0v) is 8.66. The van der Waals surface area contributed by atoms with Crippen LogP contribution in [0.2, 0.25) is 0 Å². The van der Waals surface area contributed by atoms with Crippen LogP contribution in [-0.2, 0) is 4.79 Å². The van der Waals surface area contributed by atoms with Crippen molar-refractivity contribution in [1.82, 2.24) is 4.98 Å². The lowest BCUT2D eigenvalue weighted by Gasteiger charge is -2.10. The molecule has 0 unspecified atom stereocenters. The van der Waals surface area contributed by atoms with E-state index in [1.165, 1.54) is 6.92 Å². The number of aromatic nitrogens is 1. The van der Waals surface area contributed by atoms with Gasteiger partial charge in [0.25, 0.3) is 0 Å². The number of pyridine rings is 1. The third kappa shape index (κ3) is 2.45. The predicted octanol–water partition coefficient (Wildman–Crippen LogP) is 1.75. The van der Waals surface area contributed by atoms with Crippen LogP contribution in [-0.4, -0.2) is 10.9 Å². The first kappa shape index (κ1) is 10.5. The lowest BCUT2D eigenvalue weighted by atomic mass is 10.0. The van der Waals surface area contributed by atoms with E-state index >= 15 is 0 Å². The first-order chi connectivity index (χ1) is 6.50. The lowest BCUT2D eigenvalue weighted by Crippen LogP contribution is -2.08. The van der Waals surface area contributed by atoms with Gasteiger partial charge in [0.2, 0.25) is 5.91 Å². The highest BCUT2D eigenvalue weighted by Gasteiger charge is 2.06. The summed E-state index contributed by atoms with van der Waals surface area (Å²) in [7, 11) is 0. The highest BCUT2D eigenvalue weighted by Crippen LogP contribution is 2.22. The molecule has 1 aromatic rings. The van der Waals surface area contributed by atoms with Crippen LogP contribution < -0.4 is 11.1 Å². The molecule has 4 heteroatoms. The average molecular weight is 193 g/mol. The van der Waals surface area contributed by atoms with Crippen molar-refractivity contribution in [3.8, 4) is 0 Å². The monoisotopic (exact) mass is 193 g/mol. The van der Waals surface area contributed by atoms with E-state index in [9.17, 15) is 4.79 Å². The molecule has 76 valence electrons. The van der Waals surface area contributed by atoms with Crippen LogP contribution in [0.4, 0.5) is 11.5 Å². The first-order valence-corrected chi connectivity index (χ1v) is 4.53. The normalized spacial score (nSPS) is 10.3. The number of carbonyl (C=O) groups excluding carboxylic acids is 1. The molecule has 0 saturated heterocycles. The summed E-state index contributed by atoms with van der Waals surface area (Å²) < 4.78 is 0. The predicted molar refractivity (Wildman–Crippen MR) is 57.0 cm³/mol. The van der Waals surface area contributed by atoms with Crippen LogP contribution in [0.1, 0.15) is 32.3 Å². The fraction of sp³-hybridized carbons (Fsp3) is 0.400. The molecule has 0 aliphatic rings. The molecule has 1 heterocycles. The van der Waals surface area contributed by atoms with E-state index < -0.39 is 0 Å². The fourth-order valence-electron chi connectivity index (χ4n) is 1.21. The number of rotatable bonds is 2. The summed E-state index contributed by atoms with van der Waals surface area (Å²) in [5, 5.41) is 2.58. The molecule has 0 aromatic carbocycles. The molecule has 0 radical (unpaired) electrons. The van der Waals surface area contributed by atoms with Gasteiger partial charge in [-0.2, -0.15) is 0 Å². The minimum Gasteiger partial charge on any atom is -0.398 e. The molecular weight excluding hydrogens is 178 g/mol. The maximum Gasteiger partial charge on any atom is 0.222 e. The van der Waals surface area contributed by atoms with Gasteiger partial charge in [0.1, 0.15) is 5.82 Å².